The van der Waals surface area contributed by atoms with E-state index in [2.05, 4.69) is 5.32 Å². The summed E-state index contributed by atoms with van der Waals surface area (Å²) in [5, 5.41) is 22.9. The number of hydrogen-bond acceptors (Lipinski definition) is 5. The Balaban J connectivity index is 2.90. The van der Waals surface area contributed by atoms with Crippen molar-refractivity contribution in [1.29, 1.82) is 0 Å². The summed E-state index contributed by atoms with van der Waals surface area (Å²) in [7, 11) is 0. The van der Waals surface area contributed by atoms with Gasteiger partial charge in [0.05, 0.1) is 15.4 Å². The number of nitro benzene ring substituents is 1. The monoisotopic (exact) mass is 284 g/mol. The fourth-order valence-corrected chi connectivity index (χ4v) is 1.96. The first-order valence-electron chi connectivity index (χ1n) is 5.57. The van der Waals surface area contributed by atoms with Crippen molar-refractivity contribution >= 4 is 23.4 Å². The molecule has 0 fully saturated rings. The Kier molecular flexibility index (Phi) is 4.90. The van der Waals surface area contributed by atoms with Gasteiger partial charge < -0.3 is 10.4 Å². The minimum atomic E-state index is -1.00. The lowest BCUT2D eigenvalue weighted by Crippen LogP contribution is -2.38. The molecule has 7 heteroatoms. The van der Waals surface area contributed by atoms with Crippen LogP contribution in [0.3, 0.4) is 0 Å². The van der Waals surface area contributed by atoms with Gasteiger partial charge >= 0.3 is 0 Å². The van der Waals surface area contributed by atoms with E-state index in [0.29, 0.717) is 10.5 Å². The largest absolute Gasteiger partial charge is 0.389 e. The second-order valence-electron chi connectivity index (χ2n) is 4.64. The van der Waals surface area contributed by atoms with Crippen molar-refractivity contribution in [2.75, 3.05) is 12.8 Å². The van der Waals surface area contributed by atoms with Gasteiger partial charge in [-0.15, -0.1) is 11.8 Å². The minimum absolute atomic E-state index is 0.0217. The number of nitrogens with one attached hydrogen (secondary N) is 1. The molecule has 1 rings (SSSR count). The number of aliphatic hydroxyl groups is 1. The van der Waals surface area contributed by atoms with Gasteiger partial charge in [-0.05, 0) is 32.2 Å². The number of carbonyl (C=O) groups excluding carboxylic acids is 1. The Hall–Kier alpha value is -1.60. The van der Waals surface area contributed by atoms with E-state index in [-0.39, 0.29) is 18.1 Å². The van der Waals surface area contributed by atoms with Crippen molar-refractivity contribution < 1.29 is 14.8 Å². The van der Waals surface area contributed by atoms with Crippen LogP contribution in [0, 0.1) is 10.1 Å². The van der Waals surface area contributed by atoms with Gasteiger partial charge in [-0.2, -0.15) is 0 Å². The Morgan fingerprint density at radius 1 is 1.53 bits per heavy atom. The molecule has 0 aliphatic rings. The van der Waals surface area contributed by atoms with Crippen LogP contribution in [-0.4, -0.2) is 34.3 Å². The first-order chi connectivity index (χ1) is 8.74. The van der Waals surface area contributed by atoms with E-state index in [4.69, 9.17) is 0 Å². The fourth-order valence-electron chi connectivity index (χ4n) is 1.37. The molecular formula is C12H16N2O4S. The number of nitro groups is 1. The zero-order valence-corrected chi connectivity index (χ0v) is 11.8. The summed E-state index contributed by atoms with van der Waals surface area (Å²) in [4.78, 5) is 22.6. The average molecular weight is 284 g/mol. The third-order valence-corrected chi connectivity index (χ3v) is 3.09. The molecule has 0 heterocycles. The Bertz CT molecular complexity index is 497. The van der Waals surface area contributed by atoms with Crippen LogP contribution in [0.4, 0.5) is 5.69 Å². The van der Waals surface area contributed by atoms with Crippen molar-refractivity contribution in [3.8, 4) is 0 Å². The zero-order chi connectivity index (χ0) is 14.6. The molecule has 0 saturated heterocycles. The molecule has 0 bridgehead atoms. The number of nitrogens with zero attached hydrogens (tertiary/aromatic N) is 1. The molecule has 19 heavy (non-hydrogen) atoms. The standard InChI is InChI=1S/C12H16N2O4S/c1-12(2,16)7-13-11(15)8-4-5-9(14(17)18)10(6-8)19-3/h4-6,16H,7H2,1-3H3,(H,13,15). The maximum Gasteiger partial charge on any atom is 0.282 e. The summed E-state index contributed by atoms with van der Waals surface area (Å²) in [5.41, 5.74) is -0.690. The molecule has 0 atom stereocenters. The first kappa shape index (κ1) is 15.5. The summed E-state index contributed by atoms with van der Waals surface area (Å²) in [6.07, 6.45) is 1.71. The first-order valence-corrected chi connectivity index (χ1v) is 6.80. The highest BCUT2D eigenvalue weighted by molar-refractivity contribution is 7.98. The molecule has 0 radical (unpaired) electrons. The summed E-state index contributed by atoms with van der Waals surface area (Å²) in [6.45, 7) is 3.27. The molecule has 0 aromatic heterocycles. The van der Waals surface area contributed by atoms with Crippen LogP contribution >= 0.6 is 11.8 Å². The molecule has 0 spiro atoms. The van der Waals surface area contributed by atoms with Gasteiger partial charge in [0.1, 0.15) is 0 Å². The van der Waals surface area contributed by atoms with Gasteiger partial charge in [-0.25, -0.2) is 0 Å². The van der Waals surface area contributed by atoms with Crippen molar-refractivity contribution in [3.05, 3.63) is 33.9 Å². The number of hydrogen-bond donors (Lipinski definition) is 2. The predicted octanol–water partition coefficient (Wildman–Crippen LogP) is 1.82. The molecule has 6 nitrogen and oxygen atoms in total. The quantitative estimate of drug-likeness (QED) is 0.489. The highest BCUT2D eigenvalue weighted by Gasteiger charge is 2.18. The lowest BCUT2D eigenvalue weighted by atomic mass is 10.1. The number of rotatable bonds is 5. The zero-order valence-electron chi connectivity index (χ0n) is 11.0. The molecule has 0 unspecified atom stereocenters. The normalized spacial score (nSPS) is 11.2. The van der Waals surface area contributed by atoms with E-state index in [1.807, 2.05) is 0 Å². The van der Waals surface area contributed by atoms with Crippen molar-refractivity contribution in [1.82, 2.24) is 5.32 Å². The average Bonchev–Trinajstić information content (AvgIpc) is 2.34. The number of carbonyl (C=O) groups is 1. The van der Waals surface area contributed by atoms with Crippen LogP contribution in [0.2, 0.25) is 0 Å². The highest BCUT2D eigenvalue weighted by Crippen LogP contribution is 2.28. The number of benzene rings is 1. The SMILES string of the molecule is CSc1cc(C(=O)NCC(C)(C)O)ccc1[N+](=O)[O-]. The van der Waals surface area contributed by atoms with Crippen LogP contribution in [-0.2, 0) is 0 Å². The van der Waals surface area contributed by atoms with Crippen LogP contribution in [0.1, 0.15) is 24.2 Å². The van der Waals surface area contributed by atoms with Crippen LogP contribution in [0.25, 0.3) is 0 Å². The molecule has 0 saturated carbocycles. The Morgan fingerprint density at radius 2 is 2.16 bits per heavy atom. The Morgan fingerprint density at radius 3 is 2.63 bits per heavy atom. The second-order valence-corrected chi connectivity index (χ2v) is 5.49. The molecule has 0 aliphatic carbocycles. The number of thioether (sulfide) groups is 1. The Labute approximate surface area is 115 Å². The highest BCUT2D eigenvalue weighted by atomic mass is 32.2. The van der Waals surface area contributed by atoms with E-state index in [0.717, 1.165) is 0 Å². The smallest absolute Gasteiger partial charge is 0.282 e. The van der Waals surface area contributed by atoms with Crippen molar-refractivity contribution in [2.45, 2.75) is 24.3 Å². The van der Waals surface area contributed by atoms with Gasteiger partial charge in [0, 0.05) is 18.2 Å². The maximum atomic E-state index is 11.8. The van der Waals surface area contributed by atoms with Gasteiger partial charge in [0.2, 0.25) is 0 Å². The molecular weight excluding hydrogens is 268 g/mol. The third kappa shape index (κ3) is 4.53. The summed E-state index contributed by atoms with van der Waals surface area (Å²) < 4.78 is 0. The lowest BCUT2D eigenvalue weighted by Gasteiger charge is -2.17. The molecule has 104 valence electrons. The molecule has 0 aliphatic heterocycles. The van der Waals surface area contributed by atoms with Gasteiger partial charge in [-0.3, -0.25) is 14.9 Å². The summed E-state index contributed by atoms with van der Waals surface area (Å²) in [6, 6.07) is 4.19. The van der Waals surface area contributed by atoms with E-state index < -0.39 is 10.5 Å². The molecule has 2 N–H and O–H groups in total. The molecule has 1 amide bonds. The van der Waals surface area contributed by atoms with E-state index in [9.17, 15) is 20.0 Å². The van der Waals surface area contributed by atoms with E-state index in [1.54, 1.807) is 20.1 Å². The number of amides is 1. The fraction of sp³-hybridized carbons (Fsp3) is 0.417. The second kappa shape index (κ2) is 6.03. The van der Waals surface area contributed by atoms with Gasteiger partial charge in [0.15, 0.2) is 0 Å². The van der Waals surface area contributed by atoms with Crippen LogP contribution in [0.15, 0.2) is 23.1 Å². The van der Waals surface area contributed by atoms with Crippen LogP contribution < -0.4 is 5.32 Å². The minimum Gasteiger partial charge on any atom is -0.389 e. The molecule has 1 aromatic carbocycles. The van der Waals surface area contributed by atoms with E-state index in [1.165, 1.54) is 30.0 Å². The van der Waals surface area contributed by atoms with Crippen LogP contribution in [0.5, 0.6) is 0 Å². The lowest BCUT2D eigenvalue weighted by molar-refractivity contribution is -0.387. The molecule has 1 aromatic rings. The summed E-state index contributed by atoms with van der Waals surface area (Å²) in [5.74, 6) is -0.368. The van der Waals surface area contributed by atoms with Gasteiger partial charge in [-0.1, -0.05) is 0 Å². The predicted molar refractivity (Wildman–Crippen MR) is 73.5 cm³/mol. The van der Waals surface area contributed by atoms with Gasteiger partial charge in [0.25, 0.3) is 11.6 Å². The third-order valence-electron chi connectivity index (χ3n) is 2.32. The van der Waals surface area contributed by atoms with Crippen molar-refractivity contribution in [2.24, 2.45) is 0 Å². The van der Waals surface area contributed by atoms with Crippen molar-refractivity contribution in [3.63, 3.8) is 0 Å². The topological polar surface area (TPSA) is 92.5 Å². The maximum absolute atomic E-state index is 11.8. The van der Waals surface area contributed by atoms with E-state index >= 15 is 0 Å². The summed E-state index contributed by atoms with van der Waals surface area (Å²) >= 11 is 1.21.